The Hall–Kier alpha value is -0.920. The van der Waals surface area contributed by atoms with Gasteiger partial charge in [0.2, 0.25) is 0 Å². The minimum absolute atomic E-state index is 0.0617. The van der Waals surface area contributed by atoms with Crippen LogP contribution in [0.15, 0.2) is 15.5 Å². The monoisotopic (exact) mass is 359 g/mol. The molecule has 2 N–H and O–H groups in total. The van der Waals surface area contributed by atoms with Crippen LogP contribution in [0.1, 0.15) is 32.1 Å². The van der Waals surface area contributed by atoms with Crippen LogP contribution in [0.3, 0.4) is 0 Å². The van der Waals surface area contributed by atoms with Gasteiger partial charge in [0.1, 0.15) is 4.47 Å². The smallest absolute Gasteiger partial charge is 0.283 e. The lowest BCUT2D eigenvalue weighted by molar-refractivity contribution is 0.172. The maximum absolute atomic E-state index is 12.2. The number of aliphatic hydroxyl groups is 1. The second-order valence-corrected chi connectivity index (χ2v) is 6.31. The molecule has 0 unspecified atom stereocenters. The quantitative estimate of drug-likeness (QED) is 0.809. The normalized spacial score (nSPS) is 17.7. The highest BCUT2D eigenvalue weighted by Crippen LogP contribution is 2.32. The van der Waals surface area contributed by atoms with Crippen molar-refractivity contribution in [3.63, 3.8) is 0 Å². The predicted molar refractivity (Wildman–Crippen MR) is 84.6 cm³/mol. The summed E-state index contributed by atoms with van der Waals surface area (Å²) in [7, 11) is 1.59. The van der Waals surface area contributed by atoms with E-state index in [1.807, 2.05) is 0 Å². The van der Waals surface area contributed by atoms with Crippen LogP contribution < -0.4 is 10.9 Å². The third-order valence-electron chi connectivity index (χ3n) is 4.01. The van der Waals surface area contributed by atoms with Gasteiger partial charge in [-0.1, -0.05) is 19.3 Å². The minimum Gasteiger partial charge on any atom is -0.394 e. The van der Waals surface area contributed by atoms with Crippen LogP contribution in [0.25, 0.3) is 0 Å². The van der Waals surface area contributed by atoms with Crippen molar-refractivity contribution >= 4 is 21.6 Å². The topological polar surface area (TPSA) is 76.4 Å². The molecule has 0 saturated heterocycles. The van der Waals surface area contributed by atoms with E-state index in [0.717, 1.165) is 25.7 Å². The number of aromatic nitrogens is 2. The van der Waals surface area contributed by atoms with Gasteiger partial charge in [-0.3, -0.25) is 4.79 Å². The van der Waals surface area contributed by atoms with Crippen molar-refractivity contribution in [2.75, 3.05) is 25.6 Å². The molecule has 0 spiro atoms. The molecule has 1 saturated carbocycles. The summed E-state index contributed by atoms with van der Waals surface area (Å²) in [6.07, 6.45) is 6.81. The van der Waals surface area contributed by atoms with E-state index in [1.165, 1.54) is 11.1 Å². The SMILES string of the molecule is COCCn1ncc(NC2(CO)CCCCC2)c(Br)c1=O. The molecule has 0 atom stereocenters. The molecule has 0 radical (unpaired) electrons. The second-order valence-electron chi connectivity index (χ2n) is 5.52. The average molecular weight is 360 g/mol. The van der Waals surface area contributed by atoms with Gasteiger partial charge in [0.15, 0.2) is 0 Å². The first-order valence-corrected chi connectivity index (χ1v) is 8.05. The first-order valence-electron chi connectivity index (χ1n) is 7.25. The third-order valence-corrected chi connectivity index (χ3v) is 4.77. The second kappa shape index (κ2) is 7.38. The van der Waals surface area contributed by atoms with E-state index in [9.17, 15) is 9.90 Å². The maximum atomic E-state index is 12.2. The largest absolute Gasteiger partial charge is 0.394 e. The molecule has 1 aromatic heterocycles. The number of methoxy groups -OCH3 is 1. The fourth-order valence-electron chi connectivity index (χ4n) is 2.73. The van der Waals surface area contributed by atoms with Crippen molar-refractivity contribution in [3.05, 3.63) is 21.0 Å². The molecule has 7 heteroatoms. The first kappa shape index (κ1) is 16.5. The summed E-state index contributed by atoms with van der Waals surface area (Å²) in [6, 6.07) is 0. The van der Waals surface area contributed by atoms with E-state index < -0.39 is 0 Å². The molecule has 1 fully saturated rings. The lowest BCUT2D eigenvalue weighted by Crippen LogP contribution is -2.44. The predicted octanol–water partition coefficient (Wildman–Crippen LogP) is 1.76. The Labute approximate surface area is 132 Å². The molecule has 2 rings (SSSR count). The molecule has 0 aromatic carbocycles. The maximum Gasteiger partial charge on any atom is 0.283 e. The molecule has 118 valence electrons. The number of aliphatic hydroxyl groups excluding tert-OH is 1. The van der Waals surface area contributed by atoms with Gasteiger partial charge in [-0.25, -0.2) is 4.68 Å². The van der Waals surface area contributed by atoms with E-state index in [-0.39, 0.29) is 17.7 Å². The highest BCUT2D eigenvalue weighted by molar-refractivity contribution is 9.10. The molecule has 1 aliphatic carbocycles. The Balaban J connectivity index is 2.20. The first-order chi connectivity index (χ1) is 10.1. The number of ether oxygens (including phenoxy) is 1. The van der Waals surface area contributed by atoms with Crippen LogP contribution in [0.2, 0.25) is 0 Å². The molecule has 0 amide bonds. The lowest BCUT2D eigenvalue weighted by Gasteiger charge is -2.37. The molecular weight excluding hydrogens is 338 g/mol. The van der Waals surface area contributed by atoms with E-state index >= 15 is 0 Å². The van der Waals surface area contributed by atoms with Gasteiger partial charge in [0, 0.05) is 7.11 Å². The Morgan fingerprint density at radius 2 is 2.19 bits per heavy atom. The van der Waals surface area contributed by atoms with Crippen LogP contribution in [0.4, 0.5) is 5.69 Å². The molecule has 6 nitrogen and oxygen atoms in total. The van der Waals surface area contributed by atoms with Crippen LogP contribution in [-0.4, -0.2) is 40.7 Å². The number of hydrogen-bond donors (Lipinski definition) is 2. The zero-order valence-electron chi connectivity index (χ0n) is 12.3. The number of halogens is 1. The fourth-order valence-corrected chi connectivity index (χ4v) is 3.13. The Bertz CT molecular complexity index is 527. The Kier molecular flexibility index (Phi) is 5.78. The highest BCUT2D eigenvalue weighted by Gasteiger charge is 2.32. The van der Waals surface area contributed by atoms with Gasteiger partial charge in [0.25, 0.3) is 5.56 Å². The summed E-state index contributed by atoms with van der Waals surface area (Å²) in [5.41, 5.74) is 0.110. The van der Waals surface area contributed by atoms with Crippen LogP contribution in [-0.2, 0) is 11.3 Å². The van der Waals surface area contributed by atoms with Crippen molar-refractivity contribution < 1.29 is 9.84 Å². The molecule has 1 aliphatic rings. The van der Waals surface area contributed by atoms with Crippen LogP contribution in [0.5, 0.6) is 0 Å². The summed E-state index contributed by atoms with van der Waals surface area (Å²) in [6.45, 7) is 0.915. The summed E-state index contributed by atoms with van der Waals surface area (Å²) < 4.78 is 6.78. The van der Waals surface area contributed by atoms with Crippen molar-refractivity contribution in [1.82, 2.24) is 9.78 Å². The van der Waals surface area contributed by atoms with Gasteiger partial charge in [0.05, 0.1) is 37.2 Å². The van der Waals surface area contributed by atoms with E-state index in [4.69, 9.17) is 4.74 Å². The summed E-state index contributed by atoms with van der Waals surface area (Å²) in [4.78, 5) is 12.2. The number of nitrogens with one attached hydrogen (secondary N) is 1. The number of nitrogens with zero attached hydrogens (tertiary/aromatic N) is 2. The summed E-state index contributed by atoms with van der Waals surface area (Å²) >= 11 is 3.34. The average Bonchev–Trinajstić information content (AvgIpc) is 2.52. The number of hydrogen-bond acceptors (Lipinski definition) is 5. The summed E-state index contributed by atoms with van der Waals surface area (Å²) in [5.74, 6) is 0. The van der Waals surface area contributed by atoms with Gasteiger partial charge in [-0.2, -0.15) is 5.10 Å². The molecular formula is C14H22BrN3O3. The van der Waals surface area contributed by atoms with Crippen LogP contribution >= 0.6 is 15.9 Å². The van der Waals surface area contributed by atoms with Crippen molar-refractivity contribution in [3.8, 4) is 0 Å². The van der Waals surface area contributed by atoms with E-state index in [1.54, 1.807) is 13.3 Å². The minimum atomic E-state index is -0.340. The fraction of sp³-hybridized carbons (Fsp3) is 0.714. The third kappa shape index (κ3) is 3.84. The van der Waals surface area contributed by atoms with E-state index in [0.29, 0.717) is 23.3 Å². The lowest BCUT2D eigenvalue weighted by atomic mass is 9.82. The van der Waals surface area contributed by atoms with Gasteiger partial charge >= 0.3 is 0 Å². The van der Waals surface area contributed by atoms with Crippen molar-refractivity contribution in [2.45, 2.75) is 44.2 Å². The Morgan fingerprint density at radius 1 is 1.48 bits per heavy atom. The highest BCUT2D eigenvalue weighted by atomic mass is 79.9. The standard InChI is InChI=1S/C14H22BrN3O3/c1-21-8-7-18-13(20)12(15)11(9-16-18)17-14(10-19)5-3-2-4-6-14/h9,17,19H,2-8,10H2,1H3. The van der Waals surface area contributed by atoms with Gasteiger partial charge in [-0.15, -0.1) is 0 Å². The molecule has 1 aromatic rings. The summed E-state index contributed by atoms with van der Waals surface area (Å²) in [5, 5.41) is 17.2. The molecule has 21 heavy (non-hydrogen) atoms. The van der Waals surface area contributed by atoms with Crippen LogP contribution in [0, 0.1) is 0 Å². The van der Waals surface area contributed by atoms with Gasteiger partial charge < -0.3 is 15.2 Å². The van der Waals surface area contributed by atoms with Crippen molar-refractivity contribution in [1.29, 1.82) is 0 Å². The number of anilines is 1. The van der Waals surface area contributed by atoms with E-state index in [2.05, 4.69) is 26.3 Å². The molecule has 0 aliphatic heterocycles. The zero-order chi connectivity index (χ0) is 15.3. The number of rotatable bonds is 6. The molecule has 0 bridgehead atoms. The van der Waals surface area contributed by atoms with Gasteiger partial charge in [-0.05, 0) is 28.8 Å². The zero-order valence-corrected chi connectivity index (χ0v) is 13.9. The Morgan fingerprint density at radius 3 is 2.81 bits per heavy atom. The van der Waals surface area contributed by atoms with Crippen molar-refractivity contribution in [2.24, 2.45) is 0 Å². The molecule has 1 heterocycles.